The molecule has 3 aromatic carbocycles. The number of carbonyl (C=O) groups is 3. The maximum atomic E-state index is 13.8. The molecule has 5 aliphatic rings. The first-order valence-electron chi connectivity index (χ1n) is 13.8. The fraction of sp³-hybridized carbons (Fsp3) is 0.303. The van der Waals surface area contributed by atoms with Crippen LogP contribution in [0.5, 0.6) is 17.2 Å². The number of carbonyl (C=O) groups excluding carboxylic acids is 3. The molecule has 8 rings (SSSR count). The molecule has 7 nitrogen and oxygen atoms in total. The summed E-state index contributed by atoms with van der Waals surface area (Å²) in [6, 6.07) is 22.9. The SMILES string of the molecule is COc1ccc(Oc2ccc(NC(=O)[C@H](Cc3ccccc3)N3C(=O)[C@@H]4[C@H]5C=C[C@@H]([C@@H]6C[C@@H]56)[C@H]4C3=O)cc2)cc1. The van der Waals surface area contributed by atoms with Gasteiger partial charge in [-0.15, -0.1) is 0 Å². The Morgan fingerprint density at radius 1 is 0.825 bits per heavy atom. The summed E-state index contributed by atoms with van der Waals surface area (Å²) in [6.45, 7) is 0. The summed E-state index contributed by atoms with van der Waals surface area (Å²) in [7, 11) is 1.61. The molecule has 3 fully saturated rings. The van der Waals surface area contributed by atoms with E-state index < -0.39 is 6.04 Å². The lowest BCUT2D eigenvalue weighted by Crippen LogP contribution is -2.49. The second-order valence-corrected chi connectivity index (χ2v) is 11.2. The lowest BCUT2D eigenvalue weighted by Gasteiger charge is -2.37. The number of hydrogen-bond acceptors (Lipinski definition) is 5. The van der Waals surface area contributed by atoms with Crippen LogP contribution in [0.2, 0.25) is 0 Å². The van der Waals surface area contributed by atoms with Crippen molar-refractivity contribution in [1.82, 2.24) is 4.90 Å². The number of anilines is 1. The molecule has 0 aromatic heterocycles. The molecule has 1 saturated heterocycles. The maximum Gasteiger partial charge on any atom is 0.248 e. The van der Waals surface area contributed by atoms with Crippen molar-refractivity contribution in [2.45, 2.75) is 18.9 Å². The van der Waals surface area contributed by atoms with E-state index in [-0.39, 0.29) is 47.8 Å². The van der Waals surface area contributed by atoms with Gasteiger partial charge in [0, 0.05) is 12.1 Å². The number of amides is 3. The van der Waals surface area contributed by atoms with Gasteiger partial charge in [0.1, 0.15) is 23.3 Å². The third kappa shape index (κ3) is 4.17. The summed E-state index contributed by atoms with van der Waals surface area (Å²) in [4.78, 5) is 42.7. The van der Waals surface area contributed by atoms with Crippen molar-refractivity contribution in [3.63, 3.8) is 0 Å². The summed E-state index contributed by atoms with van der Waals surface area (Å²) in [5, 5.41) is 2.95. The van der Waals surface area contributed by atoms with E-state index in [0.717, 1.165) is 17.7 Å². The molecule has 202 valence electrons. The number of hydrogen-bond donors (Lipinski definition) is 1. The lowest BCUT2D eigenvalue weighted by atomic mass is 9.63. The van der Waals surface area contributed by atoms with E-state index in [1.165, 1.54) is 4.90 Å². The van der Waals surface area contributed by atoms with Crippen LogP contribution in [0.15, 0.2) is 91.0 Å². The van der Waals surface area contributed by atoms with Crippen LogP contribution in [0, 0.1) is 35.5 Å². The first-order chi connectivity index (χ1) is 19.5. The van der Waals surface area contributed by atoms with Gasteiger partial charge in [0.25, 0.3) is 0 Å². The van der Waals surface area contributed by atoms with Gasteiger partial charge in [0.15, 0.2) is 0 Å². The van der Waals surface area contributed by atoms with Crippen LogP contribution in [0.3, 0.4) is 0 Å². The highest BCUT2D eigenvalue weighted by Gasteiger charge is 2.67. The number of nitrogens with zero attached hydrogens (tertiary/aromatic N) is 1. The van der Waals surface area contributed by atoms with Gasteiger partial charge in [-0.3, -0.25) is 19.3 Å². The molecule has 1 N–H and O–H groups in total. The van der Waals surface area contributed by atoms with E-state index in [2.05, 4.69) is 17.5 Å². The number of ether oxygens (including phenoxy) is 2. The summed E-state index contributed by atoms with van der Waals surface area (Å²) in [5.41, 5.74) is 1.45. The van der Waals surface area contributed by atoms with E-state index in [4.69, 9.17) is 9.47 Å². The van der Waals surface area contributed by atoms with Crippen LogP contribution in [0.4, 0.5) is 5.69 Å². The number of benzene rings is 3. The number of likely N-dealkylation sites (tertiary alicyclic amines) is 1. The molecule has 3 aromatic rings. The maximum absolute atomic E-state index is 13.8. The van der Waals surface area contributed by atoms with E-state index in [0.29, 0.717) is 29.0 Å². The van der Waals surface area contributed by atoms with Crippen LogP contribution >= 0.6 is 0 Å². The normalized spacial score (nSPS) is 28.1. The smallest absolute Gasteiger partial charge is 0.248 e. The fourth-order valence-corrected chi connectivity index (χ4v) is 7.04. The highest BCUT2D eigenvalue weighted by Crippen LogP contribution is 2.65. The topological polar surface area (TPSA) is 84.9 Å². The van der Waals surface area contributed by atoms with Gasteiger partial charge in [-0.25, -0.2) is 0 Å². The molecule has 40 heavy (non-hydrogen) atoms. The van der Waals surface area contributed by atoms with E-state index in [9.17, 15) is 14.4 Å². The molecule has 3 amide bonds. The standard InChI is InChI=1S/C33H30N2O5/c1-39-21-11-13-23(14-12-21)40-22-9-7-20(8-10-22)34-31(36)28(17-19-5-3-2-4-6-19)35-32(37)29-24-15-16-25(27-18-26(24)27)30(29)33(35)38/h2-16,24-30H,17-18H2,1H3,(H,34,36)/t24-,25-,26-,27-,28-,29+,30+/m0/s1. The van der Waals surface area contributed by atoms with Crippen molar-refractivity contribution in [3.8, 4) is 17.2 Å². The lowest BCUT2D eigenvalue weighted by molar-refractivity contribution is -0.146. The average Bonchev–Trinajstić information content (AvgIpc) is 3.77. The summed E-state index contributed by atoms with van der Waals surface area (Å²) >= 11 is 0. The number of nitrogens with one attached hydrogen (secondary N) is 1. The zero-order valence-corrected chi connectivity index (χ0v) is 22.1. The second kappa shape index (κ2) is 9.66. The van der Waals surface area contributed by atoms with Gasteiger partial charge in [-0.05, 0) is 84.2 Å². The molecular weight excluding hydrogens is 504 g/mol. The summed E-state index contributed by atoms with van der Waals surface area (Å²) < 4.78 is 11.1. The Bertz CT molecular complexity index is 1450. The second-order valence-electron chi connectivity index (χ2n) is 11.2. The fourth-order valence-electron chi connectivity index (χ4n) is 7.04. The molecule has 7 heteroatoms. The Morgan fingerprint density at radius 3 is 1.95 bits per heavy atom. The number of rotatable bonds is 8. The highest BCUT2D eigenvalue weighted by molar-refractivity contribution is 6.10. The Kier molecular flexibility index (Phi) is 5.95. The summed E-state index contributed by atoms with van der Waals surface area (Å²) in [5.74, 6) is 1.80. The third-order valence-electron chi connectivity index (χ3n) is 9.00. The van der Waals surface area contributed by atoms with E-state index in [1.807, 2.05) is 54.6 Å². The molecule has 0 spiro atoms. The first kappa shape index (κ1) is 24.6. The Morgan fingerprint density at radius 2 is 1.38 bits per heavy atom. The number of methoxy groups -OCH3 is 1. The zero-order valence-electron chi connectivity index (χ0n) is 22.1. The minimum atomic E-state index is -0.932. The minimum absolute atomic E-state index is 0.111. The van der Waals surface area contributed by atoms with Crippen molar-refractivity contribution in [2.24, 2.45) is 35.5 Å². The van der Waals surface area contributed by atoms with Gasteiger partial charge in [-0.2, -0.15) is 0 Å². The number of allylic oxidation sites excluding steroid dienone is 2. The molecular formula is C33H30N2O5. The average molecular weight is 535 g/mol. The Hall–Kier alpha value is -4.39. The molecule has 0 radical (unpaired) electrons. The predicted molar refractivity (Wildman–Crippen MR) is 149 cm³/mol. The third-order valence-corrected chi connectivity index (χ3v) is 9.00. The minimum Gasteiger partial charge on any atom is -0.497 e. The van der Waals surface area contributed by atoms with Crippen molar-refractivity contribution in [3.05, 3.63) is 96.6 Å². The van der Waals surface area contributed by atoms with Crippen LogP contribution in [0.1, 0.15) is 12.0 Å². The van der Waals surface area contributed by atoms with Crippen LogP contribution in [-0.2, 0) is 20.8 Å². The molecule has 2 saturated carbocycles. The molecule has 1 aliphatic heterocycles. The van der Waals surface area contributed by atoms with Crippen LogP contribution in [0.25, 0.3) is 0 Å². The molecule has 1 heterocycles. The highest BCUT2D eigenvalue weighted by atomic mass is 16.5. The largest absolute Gasteiger partial charge is 0.497 e. The van der Waals surface area contributed by atoms with E-state index in [1.54, 1.807) is 31.4 Å². The summed E-state index contributed by atoms with van der Waals surface area (Å²) in [6.07, 6.45) is 5.66. The van der Waals surface area contributed by atoms with Gasteiger partial charge < -0.3 is 14.8 Å². The zero-order chi connectivity index (χ0) is 27.4. The van der Waals surface area contributed by atoms with Gasteiger partial charge in [0.05, 0.1) is 18.9 Å². The van der Waals surface area contributed by atoms with Crippen LogP contribution in [-0.4, -0.2) is 35.8 Å². The Labute approximate surface area is 232 Å². The number of imide groups is 1. The quantitative estimate of drug-likeness (QED) is 0.322. The van der Waals surface area contributed by atoms with Gasteiger partial charge in [0.2, 0.25) is 17.7 Å². The van der Waals surface area contributed by atoms with Crippen LogP contribution < -0.4 is 14.8 Å². The van der Waals surface area contributed by atoms with Crippen molar-refractivity contribution in [1.29, 1.82) is 0 Å². The first-order valence-corrected chi connectivity index (χ1v) is 13.8. The molecule has 0 unspecified atom stereocenters. The Balaban J connectivity index is 1.11. The van der Waals surface area contributed by atoms with Gasteiger partial charge in [-0.1, -0.05) is 42.5 Å². The van der Waals surface area contributed by atoms with Gasteiger partial charge >= 0.3 is 0 Å². The van der Waals surface area contributed by atoms with E-state index >= 15 is 0 Å². The van der Waals surface area contributed by atoms with Crippen molar-refractivity contribution >= 4 is 23.4 Å². The molecule has 4 aliphatic carbocycles. The molecule has 7 atom stereocenters. The van der Waals surface area contributed by atoms with Crippen molar-refractivity contribution in [2.75, 3.05) is 12.4 Å². The van der Waals surface area contributed by atoms with Crippen molar-refractivity contribution < 1.29 is 23.9 Å². The monoisotopic (exact) mass is 534 g/mol. The predicted octanol–water partition coefficient (Wildman–Crippen LogP) is 5.09. The molecule has 2 bridgehead atoms.